The Morgan fingerprint density at radius 1 is 0.459 bits per heavy atom. The highest BCUT2D eigenvalue weighted by atomic mass is 15.3. The van der Waals surface area contributed by atoms with Gasteiger partial charge in [0.05, 0.1) is 16.6 Å². The molecule has 0 saturated carbocycles. The van der Waals surface area contributed by atoms with Crippen molar-refractivity contribution in [3.63, 3.8) is 0 Å². The van der Waals surface area contributed by atoms with Crippen LogP contribution in [0.5, 0.6) is 0 Å². The van der Waals surface area contributed by atoms with Crippen LogP contribution >= 0.6 is 0 Å². The normalized spacial score (nSPS) is 11.2. The van der Waals surface area contributed by atoms with Gasteiger partial charge in [-0.15, -0.1) is 0 Å². The van der Waals surface area contributed by atoms with Crippen molar-refractivity contribution >= 4 is 21.9 Å². The maximum atomic E-state index is 5.16. The van der Waals surface area contributed by atoms with Crippen molar-refractivity contribution in [1.82, 2.24) is 14.8 Å². The average molecular weight is 474 g/mol. The van der Waals surface area contributed by atoms with Gasteiger partial charge in [-0.3, -0.25) is 0 Å². The highest BCUT2D eigenvalue weighted by Crippen LogP contribution is 2.41. The predicted octanol–water partition coefficient (Wildman–Crippen LogP) is 8.57. The molecule has 7 rings (SSSR count). The summed E-state index contributed by atoms with van der Waals surface area (Å²) in [6.45, 7) is 0. The van der Waals surface area contributed by atoms with Gasteiger partial charge in [-0.2, -0.15) is 5.10 Å². The number of hydrogen-bond acceptors (Lipinski definition) is 2. The number of fused-ring (bicyclic) bond motifs is 2. The first-order valence-electron chi connectivity index (χ1n) is 12.4. The van der Waals surface area contributed by atoms with Gasteiger partial charge in [0.1, 0.15) is 5.69 Å². The molecular weight excluding hydrogens is 450 g/mol. The van der Waals surface area contributed by atoms with Crippen molar-refractivity contribution in [2.45, 2.75) is 0 Å². The Morgan fingerprint density at radius 2 is 1.00 bits per heavy atom. The molecule has 0 spiro atoms. The molecule has 0 amide bonds. The zero-order valence-electron chi connectivity index (χ0n) is 20.1. The monoisotopic (exact) mass is 473 g/mol. The minimum atomic E-state index is 0.853. The van der Waals surface area contributed by atoms with Crippen LogP contribution in [0.15, 0.2) is 140 Å². The van der Waals surface area contributed by atoms with Crippen LogP contribution in [0, 0.1) is 0 Å². The van der Waals surface area contributed by atoms with E-state index in [0.717, 1.165) is 50.0 Å². The Balaban J connectivity index is 1.56. The standard InChI is InChI=1S/C34H23N3/c1-4-12-24(13-5-1)25-20-22-26(23-21-25)31-29-18-10-11-19-30(29)35-34-32(31)33(27-14-6-2-7-15-27)36-37(34)28-16-8-3-9-17-28/h1-23H. The number of aromatic nitrogens is 3. The third kappa shape index (κ3) is 3.69. The molecule has 5 aromatic carbocycles. The van der Waals surface area contributed by atoms with E-state index < -0.39 is 0 Å². The summed E-state index contributed by atoms with van der Waals surface area (Å²) in [6.07, 6.45) is 0. The van der Waals surface area contributed by atoms with Crippen LogP contribution in [-0.2, 0) is 0 Å². The molecule has 0 aliphatic heterocycles. The maximum Gasteiger partial charge on any atom is 0.164 e. The number of pyridine rings is 1. The quantitative estimate of drug-likeness (QED) is 0.256. The largest absolute Gasteiger partial charge is 0.228 e. The van der Waals surface area contributed by atoms with Gasteiger partial charge in [0, 0.05) is 16.5 Å². The third-order valence-corrected chi connectivity index (χ3v) is 6.84. The topological polar surface area (TPSA) is 30.7 Å². The van der Waals surface area contributed by atoms with E-state index in [4.69, 9.17) is 10.1 Å². The van der Waals surface area contributed by atoms with Crippen LogP contribution in [-0.4, -0.2) is 14.8 Å². The maximum absolute atomic E-state index is 5.16. The van der Waals surface area contributed by atoms with Gasteiger partial charge in [-0.25, -0.2) is 9.67 Å². The van der Waals surface area contributed by atoms with E-state index in [0.29, 0.717) is 0 Å². The zero-order chi connectivity index (χ0) is 24.6. The van der Waals surface area contributed by atoms with Crippen molar-refractivity contribution < 1.29 is 0 Å². The fraction of sp³-hybridized carbons (Fsp3) is 0. The molecular formula is C34H23N3. The lowest BCUT2D eigenvalue weighted by Gasteiger charge is -2.12. The fourth-order valence-electron chi connectivity index (χ4n) is 5.08. The fourth-order valence-corrected chi connectivity index (χ4v) is 5.08. The Kier molecular flexibility index (Phi) is 5.11. The van der Waals surface area contributed by atoms with Gasteiger partial charge in [0.15, 0.2) is 5.65 Å². The number of rotatable bonds is 4. The van der Waals surface area contributed by atoms with Gasteiger partial charge >= 0.3 is 0 Å². The average Bonchev–Trinajstić information content (AvgIpc) is 3.36. The van der Waals surface area contributed by atoms with E-state index in [2.05, 4.69) is 103 Å². The number of hydrogen-bond donors (Lipinski definition) is 0. The van der Waals surface area contributed by atoms with Crippen molar-refractivity contribution in [3.05, 3.63) is 140 Å². The second-order valence-corrected chi connectivity index (χ2v) is 9.11. The van der Waals surface area contributed by atoms with Crippen molar-refractivity contribution in [1.29, 1.82) is 0 Å². The van der Waals surface area contributed by atoms with E-state index >= 15 is 0 Å². The highest BCUT2D eigenvalue weighted by Gasteiger charge is 2.22. The minimum Gasteiger partial charge on any atom is -0.228 e. The predicted molar refractivity (Wildman–Crippen MR) is 153 cm³/mol. The van der Waals surface area contributed by atoms with Crippen molar-refractivity contribution in [3.8, 4) is 39.2 Å². The Morgan fingerprint density at radius 3 is 1.70 bits per heavy atom. The highest BCUT2D eigenvalue weighted by molar-refractivity contribution is 6.13. The van der Waals surface area contributed by atoms with Crippen LogP contribution in [0.3, 0.4) is 0 Å². The molecule has 0 aliphatic rings. The van der Waals surface area contributed by atoms with Crippen LogP contribution in [0.1, 0.15) is 0 Å². The lowest BCUT2D eigenvalue weighted by atomic mass is 9.94. The summed E-state index contributed by atoms with van der Waals surface area (Å²) < 4.78 is 1.98. The summed E-state index contributed by atoms with van der Waals surface area (Å²) in [5.74, 6) is 0. The molecule has 7 aromatic rings. The lowest BCUT2D eigenvalue weighted by molar-refractivity contribution is 0.903. The molecule has 0 saturated heterocycles. The second-order valence-electron chi connectivity index (χ2n) is 9.11. The van der Waals surface area contributed by atoms with E-state index in [1.54, 1.807) is 0 Å². The Bertz CT molecular complexity index is 1840. The molecule has 0 unspecified atom stereocenters. The molecule has 2 aromatic heterocycles. The van der Waals surface area contributed by atoms with E-state index in [1.165, 1.54) is 11.1 Å². The molecule has 174 valence electrons. The summed E-state index contributed by atoms with van der Waals surface area (Å²) >= 11 is 0. The number of nitrogens with zero attached hydrogens (tertiary/aromatic N) is 3. The summed E-state index contributed by atoms with van der Waals surface area (Å²) in [5, 5.41) is 7.33. The molecule has 3 heteroatoms. The Hall–Kier alpha value is -5.02. The molecule has 0 radical (unpaired) electrons. The first-order valence-corrected chi connectivity index (χ1v) is 12.4. The first kappa shape index (κ1) is 21.3. The molecule has 3 nitrogen and oxygen atoms in total. The first-order chi connectivity index (χ1) is 18.4. The molecule has 37 heavy (non-hydrogen) atoms. The molecule has 0 fully saturated rings. The van der Waals surface area contributed by atoms with Gasteiger partial charge in [0.25, 0.3) is 0 Å². The number of para-hydroxylation sites is 2. The van der Waals surface area contributed by atoms with Crippen LogP contribution < -0.4 is 0 Å². The molecule has 0 bridgehead atoms. The van der Waals surface area contributed by atoms with Crippen molar-refractivity contribution in [2.75, 3.05) is 0 Å². The smallest absolute Gasteiger partial charge is 0.164 e. The zero-order valence-corrected chi connectivity index (χ0v) is 20.1. The Labute approximate surface area is 215 Å². The van der Waals surface area contributed by atoms with E-state index in [-0.39, 0.29) is 0 Å². The van der Waals surface area contributed by atoms with Crippen LogP contribution in [0.2, 0.25) is 0 Å². The summed E-state index contributed by atoms with van der Waals surface area (Å²) in [5.41, 5.74) is 9.50. The summed E-state index contributed by atoms with van der Waals surface area (Å²) in [4.78, 5) is 5.15. The SMILES string of the molecule is c1ccc(-c2ccc(-c3c4ccccc4nc4c3c(-c3ccccc3)nn4-c3ccccc3)cc2)cc1. The van der Waals surface area contributed by atoms with Crippen molar-refractivity contribution in [2.24, 2.45) is 0 Å². The van der Waals surface area contributed by atoms with Gasteiger partial charge in [-0.05, 0) is 34.9 Å². The third-order valence-electron chi connectivity index (χ3n) is 6.84. The van der Waals surface area contributed by atoms with E-state index in [9.17, 15) is 0 Å². The molecule has 0 aliphatic carbocycles. The van der Waals surface area contributed by atoms with Crippen LogP contribution in [0.4, 0.5) is 0 Å². The molecule has 0 N–H and O–H groups in total. The van der Waals surface area contributed by atoms with Gasteiger partial charge in [0.2, 0.25) is 0 Å². The van der Waals surface area contributed by atoms with Gasteiger partial charge in [-0.1, -0.05) is 121 Å². The molecule has 2 heterocycles. The summed E-state index contributed by atoms with van der Waals surface area (Å²) in [7, 11) is 0. The second kappa shape index (κ2) is 8.89. The lowest BCUT2D eigenvalue weighted by Crippen LogP contribution is -1.98. The van der Waals surface area contributed by atoms with Crippen LogP contribution in [0.25, 0.3) is 61.1 Å². The summed E-state index contributed by atoms with van der Waals surface area (Å²) in [6, 6.07) is 48.4. The van der Waals surface area contributed by atoms with Gasteiger partial charge < -0.3 is 0 Å². The molecule has 0 atom stereocenters. The van der Waals surface area contributed by atoms with E-state index in [1.807, 2.05) is 41.1 Å². The number of benzene rings is 5. The minimum absolute atomic E-state index is 0.853.